The number of para-hydroxylation sites is 1. The number of methoxy groups -OCH3 is 1. The minimum Gasteiger partial charge on any atom is -0.496 e. The van der Waals surface area contributed by atoms with Gasteiger partial charge in [-0.25, -0.2) is 0 Å². The molecule has 2 aromatic carbocycles. The Morgan fingerprint density at radius 3 is 2.52 bits per heavy atom. The molecule has 0 fully saturated rings. The number of aromatic nitrogens is 1. The normalized spacial score (nSPS) is 10.6. The lowest BCUT2D eigenvalue weighted by Gasteiger charge is -2.12. The van der Waals surface area contributed by atoms with Crippen LogP contribution in [0.3, 0.4) is 0 Å². The van der Waals surface area contributed by atoms with Gasteiger partial charge in [0, 0.05) is 21.7 Å². The molecule has 106 valence electrons. The van der Waals surface area contributed by atoms with Crippen molar-refractivity contribution in [2.24, 2.45) is 0 Å². The Labute approximate surface area is 131 Å². The Morgan fingerprint density at radius 1 is 1.10 bits per heavy atom. The third-order valence-corrected chi connectivity index (χ3v) is 4.19. The van der Waals surface area contributed by atoms with Crippen molar-refractivity contribution in [3.8, 4) is 22.7 Å². The molecular weight excluding hydrogens is 304 g/mol. The lowest BCUT2D eigenvalue weighted by molar-refractivity contribution is 0.416. The summed E-state index contributed by atoms with van der Waals surface area (Å²) in [5.41, 5.74) is 2.81. The standard InChI is InChI=1S/C16H13ClN2OS/c1-20-15-5-3-2-4-13(15)14-10-21-16(18)19(14)12-8-6-11(17)7-9-12/h2-10,18H,1H3. The summed E-state index contributed by atoms with van der Waals surface area (Å²) in [5.74, 6) is 0.790. The molecule has 0 bridgehead atoms. The number of halogens is 1. The van der Waals surface area contributed by atoms with Crippen LogP contribution in [0, 0.1) is 5.41 Å². The molecule has 0 amide bonds. The fourth-order valence-electron chi connectivity index (χ4n) is 2.21. The Balaban J connectivity index is 2.22. The van der Waals surface area contributed by atoms with E-state index in [-0.39, 0.29) is 0 Å². The summed E-state index contributed by atoms with van der Waals surface area (Å²) in [6.07, 6.45) is 0. The smallest absolute Gasteiger partial charge is 0.187 e. The average Bonchev–Trinajstić information content (AvgIpc) is 2.90. The third kappa shape index (κ3) is 2.60. The zero-order chi connectivity index (χ0) is 14.8. The second kappa shape index (κ2) is 5.76. The highest BCUT2D eigenvalue weighted by molar-refractivity contribution is 7.07. The molecular formula is C16H13ClN2OS. The van der Waals surface area contributed by atoms with Crippen molar-refractivity contribution in [1.29, 1.82) is 5.41 Å². The maximum atomic E-state index is 8.17. The largest absolute Gasteiger partial charge is 0.496 e. The first-order valence-electron chi connectivity index (χ1n) is 6.35. The van der Waals surface area contributed by atoms with E-state index in [9.17, 15) is 0 Å². The Morgan fingerprint density at radius 2 is 1.81 bits per heavy atom. The summed E-state index contributed by atoms with van der Waals surface area (Å²) in [4.78, 5) is 0.457. The van der Waals surface area contributed by atoms with E-state index in [0.717, 1.165) is 22.7 Å². The van der Waals surface area contributed by atoms with Crippen LogP contribution in [0.5, 0.6) is 5.75 Å². The molecule has 3 nitrogen and oxygen atoms in total. The van der Waals surface area contributed by atoms with Crippen LogP contribution in [0.2, 0.25) is 5.02 Å². The molecule has 1 N–H and O–H groups in total. The lowest BCUT2D eigenvalue weighted by atomic mass is 10.1. The highest BCUT2D eigenvalue weighted by Crippen LogP contribution is 2.31. The zero-order valence-electron chi connectivity index (χ0n) is 11.3. The van der Waals surface area contributed by atoms with E-state index < -0.39 is 0 Å². The summed E-state index contributed by atoms with van der Waals surface area (Å²) in [6, 6.07) is 15.3. The monoisotopic (exact) mass is 316 g/mol. The fraction of sp³-hybridized carbons (Fsp3) is 0.0625. The van der Waals surface area contributed by atoms with Crippen LogP contribution in [-0.2, 0) is 0 Å². The quantitative estimate of drug-likeness (QED) is 0.766. The first kappa shape index (κ1) is 13.9. The van der Waals surface area contributed by atoms with Crippen LogP contribution in [0.15, 0.2) is 53.9 Å². The van der Waals surface area contributed by atoms with Gasteiger partial charge in [-0.05, 0) is 36.4 Å². The summed E-state index contributed by atoms with van der Waals surface area (Å²) in [7, 11) is 1.65. The van der Waals surface area contributed by atoms with Crippen LogP contribution in [-0.4, -0.2) is 11.7 Å². The van der Waals surface area contributed by atoms with E-state index in [0.29, 0.717) is 9.82 Å². The van der Waals surface area contributed by atoms with Crippen LogP contribution >= 0.6 is 22.9 Å². The highest BCUT2D eigenvalue weighted by Gasteiger charge is 2.12. The van der Waals surface area contributed by atoms with Gasteiger partial charge in [0.15, 0.2) is 4.80 Å². The predicted octanol–water partition coefficient (Wildman–Crippen LogP) is 4.35. The number of nitrogens with zero attached hydrogens (tertiary/aromatic N) is 1. The van der Waals surface area contributed by atoms with Gasteiger partial charge in [-0.2, -0.15) is 0 Å². The van der Waals surface area contributed by atoms with Gasteiger partial charge in [-0.3, -0.25) is 9.98 Å². The molecule has 1 heterocycles. The van der Waals surface area contributed by atoms with Gasteiger partial charge in [-0.1, -0.05) is 23.7 Å². The number of rotatable bonds is 3. The van der Waals surface area contributed by atoms with Gasteiger partial charge in [0.05, 0.1) is 12.8 Å². The molecule has 0 unspecified atom stereocenters. The van der Waals surface area contributed by atoms with E-state index in [1.807, 2.05) is 58.5 Å². The van der Waals surface area contributed by atoms with Gasteiger partial charge in [0.1, 0.15) is 5.75 Å². The SMILES string of the molecule is COc1ccccc1-c1csc(=N)n1-c1ccc(Cl)cc1. The van der Waals surface area contributed by atoms with Gasteiger partial charge in [0.25, 0.3) is 0 Å². The molecule has 1 aromatic heterocycles. The van der Waals surface area contributed by atoms with Gasteiger partial charge < -0.3 is 4.74 Å². The third-order valence-electron chi connectivity index (χ3n) is 3.19. The average molecular weight is 317 g/mol. The van der Waals surface area contributed by atoms with Gasteiger partial charge in [-0.15, -0.1) is 11.3 Å². The summed E-state index contributed by atoms with van der Waals surface area (Å²) >= 11 is 7.33. The second-order valence-electron chi connectivity index (χ2n) is 4.44. The van der Waals surface area contributed by atoms with Crippen molar-refractivity contribution in [2.45, 2.75) is 0 Å². The summed E-state index contributed by atoms with van der Waals surface area (Å²) < 4.78 is 7.32. The van der Waals surface area contributed by atoms with E-state index >= 15 is 0 Å². The minimum absolute atomic E-state index is 0.457. The first-order chi connectivity index (χ1) is 10.2. The molecule has 5 heteroatoms. The molecule has 0 spiro atoms. The number of ether oxygens (including phenoxy) is 1. The molecule has 0 atom stereocenters. The molecule has 0 aliphatic carbocycles. The maximum absolute atomic E-state index is 8.17. The summed E-state index contributed by atoms with van der Waals surface area (Å²) in [5, 5.41) is 10.8. The zero-order valence-corrected chi connectivity index (χ0v) is 12.9. The molecule has 3 aromatic rings. The highest BCUT2D eigenvalue weighted by atomic mass is 35.5. The minimum atomic E-state index is 0.457. The van der Waals surface area contributed by atoms with E-state index in [2.05, 4.69) is 0 Å². The van der Waals surface area contributed by atoms with Crippen molar-refractivity contribution in [3.63, 3.8) is 0 Å². The number of nitrogens with one attached hydrogen (secondary N) is 1. The van der Waals surface area contributed by atoms with Crippen molar-refractivity contribution in [1.82, 2.24) is 4.57 Å². The van der Waals surface area contributed by atoms with Crippen LogP contribution in [0.25, 0.3) is 16.9 Å². The number of hydrogen-bond donors (Lipinski definition) is 1. The van der Waals surface area contributed by atoms with E-state index in [1.54, 1.807) is 7.11 Å². The fourth-order valence-corrected chi connectivity index (χ4v) is 3.10. The number of hydrogen-bond acceptors (Lipinski definition) is 3. The van der Waals surface area contributed by atoms with Gasteiger partial charge >= 0.3 is 0 Å². The Kier molecular flexibility index (Phi) is 3.82. The van der Waals surface area contributed by atoms with Crippen molar-refractivity contribution >= 4 is 22.9 Å². The van der Waals surface area contributed by atoms with Crippen LogP contribution in [0.4, 0.5) is 0 Å². The Hall–Kier alpha value is -2.04. The maximum Gasteiger partial charge on any atom is 0.187 e. The molecule has 21 heavy (non-hydrogen) atoms. The van der Waals surface area contributed by atoms with Crippen molar-refractivity contribution in [2.75, 3.05) is 7.11 Å². The molecule has 0 aliphatic rings. The first-order valence-corrected chi connectivity index (χ1v) is 7.61. The van der Waals surface area contributed by atoms with Crippen LogP contribution < -0.4 is 9.54 Å². The lowest BCUT2D eigenvalue weighted by Crippen LogP contribution is -2.12. The summed E-state index contributed by atoms with van der Waals surface area (Å²) in [6.45, 7) is 0. The second-order valence-corrected chi connectivity index (χ2v) is 5.73. The van der Waals surface area contributed by atoms with Gasteiger partial charge in [0.2, 0.25) is 0 Å². The molecule has 0 radical (unpaired) electrons. The van der Waals surface area contributed by atoms with Crippen molar-refractivity contribution in [3.05, 3.63) is 63.7 Å². The van der Waals surface area contributed by atoms with E-state index in [1.165, 1.54) is 11.3 Å². The predicted molar refractivity (Wildman–Crippen MR) is 86.5 cm³/mol. The molecule has 0 saturated heterocycles. The van der Waals surface area contributed by atoms with Crippen LogP contribution in [0.1, 0.15) is 0 Å². The topological polar surface area (TPSA) is 38.0 Å². The van der Waals surface area contributed by atoms with Crippen molar-refractivity contribution < 1.29 is 4.74 Å². The molecule has 3 rings (SSSR count). The van der Waals surface area contributed by atoms with E-state index in [4.69, 9.17) is 21.7 Å². The number of thiazole rings is 1. The number of benzene rings is 2. The molecule has 0 aliphatic heterocycles. The molecule has 0 saturated carbocycles. The Bertz CT molecular complexity index is 821.